The smallest absolute Gasteiger partial charge is 0.206 e. The summed E-state index contributed by atoms with van der Waals surface area (Å²) in [4.78, 5) is 12.4. The van der Waals surface area contributed by atoms with E-state index >= 15 is 0 Å². The molecule has 0 amide bonds. The number of nitrogens with zero attached hydrogens (tertiary/aromatic N) is 2. The number of methoxy groups -OCH3 is 1. The number of carbonyl (C=O) groups excluding carboxylic acids is 1. The van der Waals surface area contributed by atoms with Crippen LogP contribution in [0, 0.1) is 0 Å². The number of benzene rings is 1. The third-order valence-corrected chi connectivity index (χ3v) is 4.89. The number of rotatable bonds is 8. The Kier molecular flexibility index (Phi) is 5.97. The van der Waals surface area contributed by atoms with Crippen molar-refractivity contribution in [3.8, 4) is 5.75 Å². The van der Waals surface area contributed by atoms with Gasteiger partial charge in [-0.05, 0) is 31.2 Å². The number of hydrogen-bond donors (Lipinski definition) is 1. The van der Waals surface area contributed by atoms with Gasteiger partial charge in [-0.15, -0.1) is 16.8 Å². The maximum atomic E-state index is 12.4. The number of thioether (sulfide) groups is 1. The first-order valence-electron chi connectivity index (χ1n) is 6.67. The van der Waals surface area contributed by atoms with Crippen LogP contribution in [-0.2, 0) is 0 Å². The van der Waals surface area contributed by atoms with Crippen LogP contribution in [0.1, 0.15) is 17.3 Å². The molecule has 22 heavy (non-hydrogen) atoms. The third kappa shape index (κ3) is 4.32. The normalized spacial score (nSPS) is 11.7. The second kappa shape index (κ2) is 7.95. The van der Waals surface area contributed by atoms with Gasteiger partial charge in [0.2, 0.25) is 5.13 Å². The summed E-state index contributed by atoms with van der Waals surface area (Å²) in [6, 6.07) is 7.12. The Labute approximate surface area is 137 Å². The molecule has 0 bridgehead atoms. The SMILES string of the molecule is C=CCNc1nnc(S[C@H](C)C(=O)c2ccc(OC)cc2)s1. The number of anilines is 1. The number of Topliss-reactive ketones (excluding diaryl/α,β-unsaturated/α-hetero) is 1. The molecule has 0 fully saturated rings. The Morgan fingerprint density at radius 1 is 1.45 bits per heavy atom. The quantitative estimate of drug-likeness (QED) is 0.452. The average Bonchev–Trinajstić information content (AvgIpc) is 2.99. The number of nitrogens with one attached hydrogen (secondary N) is 1. The van der Waals surface area contributed by atoms with Crippen molar-refractivity contribution in [1.82, 2.24) is 10.2 Å². The molecule has 0 radical (unpaired) electrons. The van der Waals surface area contributed by atoms with Crippen molar-refractivity contribution in [3.05, 3.63) is 42.5 Å². The van der Waals surface area contributed by atoms with Crippen LogP contribution in [0.4, 0.5) is 5.13 Å². The molecular weight excluding hydrogens is 318 g/mol. The van der Waals surface area contributed by atoms with E-state index in [1.54, 1.807) is 37.5 Å². The molecule has 116 valence electrons. The molecule has 1 N–H and O–H groups in total. The van der Waals surface area contributed by atoms with Crippen molar-refractivity contribution in [2.45, 2.75) is 16.5 Å². The van der Waals surface area contributed by atoms with E-state index in [0.717, 1.165) is 15.2 Å². The van der Waals surface area contributed by atoms with E-state index in [0.29, 0.717) is 12.1 Å². The molecule has 0 saturated heterocycles. The maximum Gasteiger partial charge on any atom is 0.206 e. The Morgan fingerprint density at radius 2 is 2.18 bits per heavy atom. The van der Waals surface area contributed by atoms with Crippen molar-refractivity contribution in [1.29, 1.82) is 0 Å². The predicted molar refractivity (Wildman–Crippen MR) is 91.2 cm³/mol. The molecule has 0 unspecified atom stereocenters. The van der Waals surface area contributed by atoms with Gasteiger partial charge in [-0.25, -0.2) is 0 Å². The molecule has 1 aromatic heterocycles. The first-order valence-corrected chi connectivity index (χ1v) is 8.37. The monoisotopic (exact) mass is 335 g/mol. The first kappa shape index (κ1) is 16.5. The van der Waals surface area contributed by atoms with Crippen LogP contribution in [0.25, 0.3) is 0 Å². The van der Waals surface area contributed by atoms with E-state index in [4.69, 9.17) is 4.74 Å². The second-order valence-electron chi connectivity index (χ2n) is 4.40. The van der Waals surface area contributed by atoms with Crippen LogP contribution in [0.3, 0.4) is 0 Å². The van der Waals surface area contributed by atoms with Gasteiger partial charge >= 0.3 is 0 Å². The maximum absolute atomic E-state index is 12.4. The van der Waals surface area contributed by atoms with E-state index in [9.17, 15) is 4.79 Å². The van der Waals surface area contributed by atoms with E-state index in [1.165, 1.54) is 23.1 Å². The number of carbonyl (C=O) groups is 1. The number of aromatic nitrogens is 2. The Morgan fingerprint density at radius 3 is 2.82 bits per heavy atom. The van der Waals surface area contributed by atoms with Gasteiger partial charge in [0.1, 0.15) is 5.75 Å². The van der Waals surface area contributed by atoms with Gasteiger partial charge in [0.05, 0.1) is 12.4 Å². The van der Waals surface area contributed by atoms with Crippen molar-refractivity contribution >= 4 is 34.0 Å². The van der Waals surface area contributed by atoms with Crippen LogP contribution < -0.4 is 10.1 Å². The molecule has 0 aliphatic heterocycles. The van der Waals surface area contributed by atoms with Crippen LogP contribution in [0.15, 0.2) is 41.3 Å². The van der Waals surface area contributed by atoms with Gasteiger partial charge < -0.3 is 10.1 Å². The van der Waals surface area contributed by atoms with Crippen LogP contribution >= 0.6 is 23.1 Å². The molecule has 0 aliphatic carbocycles. The van der Waals surface area contributed by atoms with Gasteiger partial charge in [0.15, 0.2) is 10.1 Å². The fourth-order valence-corrected chi connectivity index (χ4v) is 3.66. The van der Waals surface area contributed by atoms with Crippen LogP contribution in [0.5, 0.6) is 5.75 Å². The molecular formula is C15H17N3O2S2. The molecule has 1 atom stereocenters. The minimum Gasteiger partial charge on any atom is -0.497 e. The lowest BCUT2D eigenvalue weighted by molar-refractivity contribution is 0.0994. The minimum absolute atomic E-state index is 0.0588. The van der Waals surface area contributed by atoms with E-state index in [1.807, 2.05) is 6.92 Å². The molecule has 0 saturated carbocycles. The van der Waals surface area contributed by atoms with E-state index in [2.05, 4.69) is 22.1 Å². The summed E-state index contributed by atoms with van der Waals surface area (Å²) in [5, 5.41) is 11.7. The highest BCUT2D eigenvalue weighted by molar-refractivity contribution is 8.02. The largest absolute Gasteiger partial charge is 0.497 e. The van der Waals surface area contributed by atoms with Gasteiger partial charge in [-0.2, -0.15) is 0 Å². The fraction of sp³-hybridized carbons (Fsp3) is 0.267. The fourth-order valence-electron chi connectivity index (χ4n) is 1.68. The average molecular weight is 335 g/mol. The van der Waals surface area contributed by atoms with Crippen LogP contribution in [0.2, 0.25) is 0 Å². The highest BCUT2D eigenvalue weighted by Crippen LogP contribution is 2.30. The summed E-state index contributed by atoms with van der Waals surface area (Å²) in [5.41, 5.74) is 0.662. The molecule has 2 aromatic rings. The lowest BCUT2D eigenvalue weighted by Crippen LogP contribution is -2.13. The molecule has 2 rings (SSSR count). The zero-order chi connectivity index (χ0) is 15.9. The number of ether oxygens (including phenoxy) is 1. The van der Waals surface area contributed by atoms with Gasteiger partial charge in [0, 0.05) is 12.1 Å². The molecule has 0 spiro atoms. The minimum atomic E-state index is -0.228. The Balaban J connectivity index is 1.98. The van der Waals surface area contributed by atoms with Crippen molar-refractivity contribution in [2.75, 3.05) is 19.0 Å². The lowest BCUT2D eigenvalue weighted by Gasteiger charge is -2.08. The summed E-state index contributed by atoms with van der Waals surface area (Å²) >= 11 is 2.84. The Bertz CT molecular complexity index is 640. The lowest BCUT2D eigenvalue weighted by atomic mass is 10.1. The molecule has 7 heteroatoms. The van der Waals surface area contributed by atoms with Crippen LogP contribution in [-0.4, -0.2) is 34.9 Å². The molecule has 5 nitrogen and oxygen atoms in total. The first-order chi connectivity index (χ1) is 10.6. The van der Waals surface area contributed by atoms with E-state index in [-0.39, 0.29) is 11.0 Å². The third-order valence-electron chi connectivity index (χ3n) is 2.83. The standard InChI is InChI=1S/C15H17N3O2S2/c1-4-9-16-14-17-18-15(22-14)21-10(2)13(19)11-5-7-12(20-3)8-6-11/h4-8,10H,1,9H2,2-3H3,(H,16,17)/t10-/m1/s1. The zero-order valence-corrected chi connectivity index (χ0v) is 14.0. The Hall–Kier alpha value is -1.86. The van der Waals surface area contributed by atoms with Crippen molar-refractivity contribution in [3.63, 3.8) is 0 Å². The summed E-state index contributed by atoms with van der Waals surface area (Å²) < 4.78 is 5.86. The van der Waals surface area contributed by atoms with Gasteiger partial charge in [-0.1, -0.05) is 29.2 Å². The van der Waals surface area contributed by atoms with Gasteiger partial charge in [0.25, 0.3) is 0 Å². The van der Waals surface area contributed by atoms with E-state index < -0.39 is 0 Å². The summed E-state index contributed by atoms with van der Waals surface area (Å²) in [5.74, 6) is 0.794. The molecule has 0 aliphatic rings. The predicted octanol–water partition coefficient (Wildman–Crippen LogP) is 3.51. The summed E-state index contributed by atoms with van der Waals surface area (Å²) in [7, 11) is 1.60. The number of ketones is 1. The molecule has 1 aromatic carbocycles. The second-order valence-corrected chi connectivity index (χ2v) is 6.96. The molecule has 1 heterocycles. The topological polar surface area (TPSA) is 64.1 Å². The van der Waals surface area contributed by atoms with Crippen molar-refractivity contribution in [2.24, 2.45) is 0 Å². The number of hydrogen-bond acceptors (Lipinski definition) is 7. The highest BCUT2D eigenvalue weighted by atomic mass is 32.2. The zero-order valence-electron chi connectivity index (χ0n) is 12.4. The summed E-state index contributed by atoms with van der Waals surface area (Å²) in [6.07, 6.45) is 1.75. The van der Waals surface area contributed by atoms with Crippen molar-refractivity contribution < 1.29 is 9.53 Å². The highest BCUT2D eigenvalue weighted by Gasteiger charge is 2.18. The van der Waals surface area contributed by atoms with Gasteiger partial charge in [-0.3, -0.25) is 4.79 Å². The summed E-state index contributed by atoms with van der Waals surface area (Å²) in [6.45, 7) is 6.14.